The topological polar surface area (TPSA) is 17.1 Å². The second-order valence-electron chi connectivity index (χ2n) is 3.39. The number of benzene rings is 1. The summed E-state index contributed by atoms with van der Waals surface area (Å²) >= 11 is 2.23. The number of Topliss-reactive ketones (excluding diaryl/α,β-unsaturated/α-hetero) is 1. The number of carbonyl (C=O) groups excluding carboxylic acids is 1. The molecule has 0 N–H and O–H groups in total. The van der Waals surface area contributed by atoms with E-state index in [1.807, 2.05) is 24.3 Å². The van der Waals surface area contributed by atoms with Crippen molar-refractivity contribution in [3.05, 3.63) is 33.4 Å². The zero-order valence-electron chi connectivity index (χ0n) is 8.42. The molecule has 0 unspecified atom stereocenters. The predicted molar refractivity (Wildman–Crippen MR) is 67.6 cm³/mol. The maximum absolute atomic E-state index is 11.7. The van der Waals surface area contributed by atoms with Crippen molar-refractivity contribution in [3.63, 3.8) is 0 Å². The average molecular weight is 302 g/mol. The quantitative estimate of drug-likeness (QED) is 0.455. The van der Waals surface area contributed by atoms with Crippen molar-refractivity contribution < 1.29 is 4.79 Å². The number of unbranched alkanes of at least 4 members (excludes halogenated alkanes) is 2. The molecule has 1 aromatic rings. The molecule has 76 valence electrons. The molecule has 0 spiro atoms. The van der Waals surface area contributed by atoms with Crippen molar-refractivity contribution in [2.24, 2.45) is 0 Å². The Kier molecular flexibility index (Phi) is 5.15. The Morgan fingerprint density at radius 1 is 1.36 bits per heavy atom. The first-order valence-electron chi connectivity index (χ1n) is 5.03. The van der Waals surface area contributed by atoms with Gasteiger partial charge in [0.2, 0.25) is 0 Å². The highest BCUT2D eigenvalue weighted by molar-refractivity contribution is 14.1. The minimum atomic E-state index is 0.275. The Bertz CT molecular complexity index is 307. The Morgan fingerprint density at radius 3 is 2.79 bits per heavy atom. The maximum Gasteiger partial charge on any atom is 0.162 e. The van der Waals surface area contributed by atoms with Crippen molar-refractivity contribution in [2.75, 3.05) is 0 Å². The molecular formula is C12H15IO. The van der Waals surface area contributed by atoms with Gasteiger partial charge in [0.1, 0.15) is 0 Å². The molecule has 1 rings (SSSR count). The van der Waals surface area contributed by atoms with Gasteiger partial charge in [-0.1, -0.05) is 31.9 Å². The van der Waals surface area contributed by atoms with Gasteiger partial charge in [-0.15, -0.1) is 0 Å². The van der Waals surface area contributed by atoms with Crippen LogP contribution >= 0.6 is 22.6 Å². The van der Waals surface area contributed by atoms with Crippen molar-refractivity contribution in [2.45, 2.75) is 32.6 Å². The van der Waals surface area contributed by atoms with Crippen molar-refractivity contribution >= 4 is 28.4 Å². The van der Waals surface area contributed by atoms with E-state index in [2.05, 4.69) is 29.5 Å². The SMILES string of the molecule is CCCCCC(=O)c1cccc(I)c1. The summed E-state index contributed by atoms with van der Waals surface area (Å²) in [7, 11) is 0. The third kappa shape index (κ3) is 3.78. The van der Waals surface area contributed by atoms with Gasteiger partial charge in [-0.3, -0.25) is 4.79 Å². The van der Waals surface area contributed by atoms with Crippen LogP contribution in [0.5, 0.6) is 0 Å². The standard InChI is InChI=1S/C12H15IO/c1-2-3-4-8-12(14)10-6-5-7-11(13)9-10/h5-7,9H,2-4,8H2,1H3. The molecule has 0 aliphatic heterocycles. The van der Waals surface area contributed by atoms with E-state index in [0.29, 0.717) is 6.42 Å². The molecule has 0 radical (unpaired) electrons. The van der Waals surface area contributed by atoms with Gasteiger partial charge in [-0.05, 0) is 41.1 Å². The number of hydrogen-bond donors (Lipinski definition) is 0. The van der Waals surface area contributed by atoms with Crippen LogP contribution < -0.4 is 0 Å². The zero-order valence-corrected chi connectivity index (χ0v) is 10.6. The summed E-state index contributed by atoms with van der Waals surface area (Å²) in [6.07, 6.45) is 4.02. The van der Waals surface area contributed by atoms with Crippen LogP contribution in [0.4, 0.5) is 0 Å². The molecule has 0 atom stereocenters. The van der Waals surface area contributed by atoms with Gasteiger partial charge < -0.3 is 0 Å². The van der Waals surface area contributed by atoms with Gasteiger partial charge in [-0.25, -0.2) is 0 Å². The van der Waals surface area contributed by atoms with E-state index in [9.17, 15) is 4.79 Å². The minimum Gasteiger partial charge on any atom is -0.294 e. The first-order chi connectivity index (χ1) is 6.74. The molecule has 0 amide bonds. The van der Waals surface area contributed by atoms with Crippen LogP contribution in [-0.2, 0) is 0 Å². The van der Waals surface area contributed by atoms with Gasteiger partial charge in [0.15, 0.2) is 5.78 Å². The Balaban J connectivity index is 2.52. The smallest absolute Gasteiger partial charge is 0.162 e. The minimum absolute atomic E-state index is 0.275. The van der Waals surface area contributed by atoms with E-state index in [1.54, 1.807) is 0 Å². The molecule has 0 aromatic heterocycles. The average Bonchev–Trinajstić information content (AvgIpc) is 2.18. The lowest BCUT2D eigenvalue weighted by Gasteiger charge is -2.00. The van der Waals surface area contributed by atoms with Crippen molar-refractivity contribution in [3.8, 4) is 0 Å². The molecule has 0 saturated heterocycles. The monoisotopic (exact) mass is 302 g/mol. The molecule has 0 saturated carbocycles. The molecule has 0 fully saturated rings. The number of halogens is 1. The van der Waals surface area contributed by atoms with E-state index in [-0.39, 0.29) is 5.78 Å². The summed E-state index contributed by atoms with van der Waals surface area (Å²) in [4.78, 5) is 11.7. The lowest BCUT2D eigenvalue weighted by atomic mass is 10.1. The first kappa shape index (κ1) is 11.7. The van der Waals surface area contributed by atoms with Crippen molar-refractivity contribution in [1.29, 1.82) is 0 Å². The van der Waals surface area contributed by atoms with Crippen LogP contribution in [0.25, 0.3) is 0 Å². The largest absolute Gasteiger partial charge is 0.294 e. The van der Waals surface area contributed by atoms with E-state index < -0.39 is 0 Å². The number of ketones is 1. The molecular weight excluding hydrogens is 287 g/mol. The third-order valence-electron chi connectivity index (χ3n) is 2.15. The Hall–Kier alpha value is -0.380. The van der Waals surface area contributed by atoms with E-state index in [4.69, 9.17) is 0 Å². The summed E-state index contributed by atoms with van der Waals surface area (Å²) in [6.45, 7) is 2.15. The van der Waals surface area contributed by atoms with Crippen LogP contribution in [0.1, 0.15) is 43.0 Å². The van der Waals surface area contributed by atoms with Crippen LogP contribution in [0.15, 0.2) is 24.3 Å². The van der Waals surface area contributed by atoms with E-state index in [0.717, 1.165) is 22.0 Å². The molecule has 1 aromatic carbocycles. The summed E-state index contributed by atoms with van der Waals surface area (Å²) in [6, 6.07) is 7.80. The summed E-state index contributed by atoms with van der Waals surface area (Å²) in [5.41, 5.74) is 0.855. The Morgan fingerprint density at radius 2 is 2.14 bits per heavy atom. The second kappa shape index (κ2) is 6.17. The molecule has 0 bridgehead atoms. The van der Waals surface area contributed by atoms with Gasteiger partial charge in [0.05, 0.1) is 0 Å². The number of hydrogen-bond acceptors (Lipinski definition) is 1. The highest BCUT2D eigenvalue weighted by Crippen LogP contribution is 2.11. The molecule has 1 nitrogen and oxygen atoms in total. The van der Waals surface area contributed by atoms with Crippen LogP contribution in [0.3, 0.4) is 0 Å². The summed E-state index contributed by atoms with van der Waals surface area (Å²) in [5, 5.41) is 0. The molecule has 14 heavy (non-hydrogen) atoms. The summed E-state index contributed by atoms with van der Waals surface area (Å²) < 4.78 is 1.13. The molecule has 2 heteroatoms. The third-order valence-corrected chi connectivity index (χ3v) is 2.82. The van der Waals surface area contributed by atoms with Crippen LogP contribution in [0.2, 0.25) is 0 Å². The van der Waals surface area contributed by atoms with Gasteiger partial charge in [-0.2, -0.15) is 0 Å². The molecule has 0 heterocycles. The fraction of sp³-hybridized carbons (Fsp3) is 0.417. The van der Waals surface area contributed by atoms with E-state index >= 15 is 0 Å². The van der Waals surface area contributed by atoms with Gasteiger partial charge in [0.25, 0.3) is 0 Å². The fourth-order valence-corrected chi connectivity index (χ4v) is 1.88. The molecule has 0 aliphatic carbocycles. The lowest BCUT2D eigenvalue weighted by molar-refractivity contribution is 0.0979. The van der Waals surface area contributed by atoms with Crippen molar-refractivity contribution in [1.82, 2.24) is 0 Å². The summed E-state index contributed by atoms with van der Waals surface area (Å²) in [5.74, 6) is 0.275. The lowest BCUT2D eigenvalue weighted by Crippen LogP contribution is -1.98. The van der Waals surface area contributed by atoms with Crippen LogP contribution in [0, 0.1) is 3.57 Å². The first-order valence-corrected chi connectivity index (χ1v) is 6.10. The van der Waals surface area contributed by atoms with Crippen LogP contribution in [-0.4, -0.2) is 5.78 Å². The Labute approximate surface area is 99.0 Å². The molecule has 0 aliphatic rings. The maximum atomic E-state index is 11.7. The zero-order chi connectivity index (χ0) is 10.4. The number of carbonyl (C=O) groups is 1. The van der Waals surface area contributed by atoms with E-state index in [1.165, 1.54) is 6.42 Å². The second-order valence-corrected chi connectivity index (χ2v) is 4.64. The normalized spacial score (nSPS) is 10.1. The predicted octanol–water partition coefficient (Wildman–Crippen LogP) is 4.05. The van der Waals surface area contributed by atoms with Gasteiger partial charge >= 0.3 is 0 Å². The fourth-order valence-electron chi connectivity index (χ4n) is 1.34. The number of rotatable bonds is 5. The highest BCUT2D eigenvalue weighted by Gasteiger charge is 2.04. The highest BCUT2D eigenvalue weighted by atomic mass is 127. The van der Waals surface area contributed by atoms with Gasteiger partial charge in [0, 0.05) is 15.6 Å².